The Kier molecular flexibility index (Phi) is 4.99. The Morgan fingerprint density at radius 2 is 2.11 bits per heavy atom. The molecule has 1 aromatic rings. The lowest BCUT2D eigenvalue weighted by molar-refractivity contribution is 0.0762. The second kappa shape index (κ2) is 6.53. The van der Waals surface area contributed by atoms with Gasteiger partial charge in [-0.3, -0.25) is 4.79 Å². The van der Waals surface area contributed by atoms with Crippen molar-refractivity contribution in [1.29, 1.82) is 0 Å². The molecule has 0 unspecified atom stereocenters. The molecule has 0 spiro atoms. The number of nitrogens with one attached hydrogen (secondary N) is 1. The third-order valence-electron chi connectivity index (χ3n) is 3.69. The molecular weight excluding hydrogens is 304 g/mol. The molecule has 0 saturated carbocycles. The first kappa shape index (κ1) is 14.5. The summed E-state index contributed by atoms with van der Waals surface area (Å²) in [6.45, 7) is 5.00. The zero-order valence-corrected chi connectivity index (χ0v) is 13.2. The highest BCUT2D eigenvalue weighted by Gasteiger charge is 2.20. The van der Waals surface area contributed by atoms with Crippen LogP contribution in [0, 0.1) is 12.8 Å². The number of halogens is 1. The molecule has 1 aromatic carbocycles. The number of benzene rings is 1. The van der Waals surface area contributed by atoms with E-state index >= 15 is 0 Å². The van der Waals surface area contributed by atoms with Crippen LogP contribution < -0.4 is 5.32 Å². The predicted molar refractivity (Wildman–Crippen MR) is 81.4 cm³/mol. The predicted octanol–water partition coefficient (Wildman–Crippen LogP) is 2.83. The summed E-state index contributed by atoms with van der Waals surface area (Å²) in [5.74, 6) is 0.730. The van der Waals surface area contributed by atoms with Gasteiger partial charge in [-0.1, -0.05) is 11.6 Å². The molecule has 1 saturated heterocycles. The Balaban J connectivity index is 2.03. The fraction of sp³-hybridized carbons (Fsp3) is 0.533. The lowest BCUT2D eigenvalue weighted by Crippen LogP contribution is -2.37. The Morgan fingerprint density at radius 1 is 1.42 bits per heavy atom. The van der Waals surface area contributed by atoms with Crippen molar-refractivity contribution in [3.63, 3.8) is 0 Å². The summed E-state index contributed by atoms with van der Waals surface area (Å²) < 4.78 is 0.875. The fourth-order valence-corrected chi connectivity index (χ4v) is 2.96. The van der Waals surface area contributed by atoms with Crippen LogP contribution in [0.25, 0.3) is 0 Å². The van der Waals surface area contributed by atoms with Crippen molar-refractivity contribution >= 4 is 21.8 Å². The van der Waals surface area contributed by atoms with Crippen LogP contribution in [0.1, 0.15) is 28.8 Å². The van der Waals surface area contributed by atoms with Gasteiger partial charge < -0.3 is 10.2 Å². The zero-order valence-electron chi connectivity index (χ0n) is 11.6. The van der Waals surface area contributed by atoms with Gasteiger partial charge in [0.05, 0.1) is 5.56 Å². The van der Waals surface area contributed by atoms with E-state index in [1.807, 2.05) is 37.1 Å². The van der Waals surface area contributed by atoms with Gasteiger partial charge in [-0.05, 0) is 66.8 Å². The normalized spacial score (nSPS) is 16.4. The molecule has 0 aromatic heterocycles. The van der Waals surface area contributed by atoms with Gasteiger partial charge in [-0.25, -0.2) is 0 Å². The molecule has 4 heteroatoms. The molecule has 104 valence electrons. The largest absolute Gasteiger partial charge is 0.341 e. The van der Waals surface area contributed by atoms with Crippen LogP contribution in [0.5, 0.6) is 0 Å². The smallest absolute Gasteiger partial charge is 0.254 e. The topological polar surface area (TPSA) is 32.3 Å². The van der Waals surface area contributed by atoms with Crippen molar-refractivity contribution in [1.82, 2.24) is 10.2 Å². The summed E-state index contributed by atoms with van der Waals surface area (Å²) in [6, 6.07) is 5.90. The van der Waals surface area contributed by atoms with Crippen LogP contribution >= 0.6 is 15.9 Å². The number of hydrogen-bond acceptors (Lipinski definition) is 2. The summed E-state index contributed by atoms with van der Waals surface area (Å²) in [5.41, 5.74) is 1.87. The number of carbonyl (C=O) groups excluding carboxylic acids is 1. The van der Waals surface area contributed by atoms with Crippen LogP contribution in [0.15, 0.2) is 22.7 Å². The van der Waals surface area contributed by atoms with Gasteiger partial charge in [0.15, 0.2) is 0 Å². The number of hydrogen-bond donors (Lipinski definition) is 1. The van der Waals surface area contributed by atoms with E-state index in [4.69, 9.17) is 0 Å². The van der Waals surface area contributed by atoms with E-state index in [0.717, 1.165) is 48.1 Å². The molecule has 1 heterocycles. The number of amides is 1. The lowest BCUT2D eigenvalue weighted by Gasteiger charge is -2.27. The van der Waals surface area contributed by atoms with Crippen molar-refractivity contribution in [2.75, 3.05) is 26.7 Å². The Labute approximate surface area is 123 Å². The molecule has 1 N–H and O–H groups in total. The Bertz CT molecular complexity index is 455. The van der Waals surface area contributed by atoms with Gasteiger partial charge in [0.1, 0.15) is 0 Å². The summed E-state index contributed by atoms with van der Waals surface area (Å²) in [4.78, 5) is 14.3. The molecule has 0 atom stereocenters. The number of aryl methyl sites for hydroxylation is 1. The SMILES string of the molecule is Cc1ccc(Br)c(C(=O)N(C)CC2CCNCC2)c1. The second-order valence-corrected chi connectivity index (χ2v) is 6.22. The quantitative estimate of drug-likeness (QED) is 0.927. The third kappa shape index (κ3) is 3.80. The van der Waals surface area contributed by atoms with E-state index in [9.17, 15) is 4.79 Å². The van der Waals surface area contributed by atoms with Gasteiger partial charge >= 0.3 is 0 Å². The fourth-order valence-electron chi connectivity index (χ4n) is 2.54. The maximum absolute atomic E-state index is 12.5. The minimum absolute atomic E-state index is 0.106. The first-order chi connectivity index (χ1) is 9.08. The van der Waals surface area contributed by atoms with Crippen molar-refractivity contribution < 1.29 is 4.79 Å². The van der Waals surface area contributed by atoms with Gasteiger partial charge in [0, 0.05) is 18.1 Å². The van der Waals surface area contributed by atoms with E-state index in [2.05, 4.69) is 21.2 Å². The summed E-state index contributed by atoms with van der Waals surface area (Å²) in [5, 5.41) is 3.35. The maximum atomic E-state index is 12.5. The number of carbonyl (C=O) groups is 1. The van der Waals surface area contributed by atoms with Crippen LogP contribution in [0.2, 0.25) is 0 Å². The summed E-state index contributed by atoms with van der Waals surface area (Å²) in [6.07, 6.45) is 2.32. The van der Waals surface area contributed by atoms with Crippen LogP contribution in [0.3, 0.4) is 0 Å². The molecule has 1 aliphatic rings. The highest BCUT2D eigenvalue weighted by molar-refractivity contribution is 9.10. The van der Waals surface area contributed by atoms with Gasteiger partial charge in [-0.2, -0.15) is 0 Å². The summed E-state index contributed by atoms with van der Waals surface area (Å²) >= 11 is 3.47. The van der Waals surface area contributed by atoms with Gasteiger partial charge in [-0.15, -0.1) is 0 Å². The lowest BCUT2D eigenvalue weighted by atomic mass is 9.97. The first-order valence-electron chi connectivity index (χ1n) is 6.80. The minimum atomic E-state index is 0.106. The molecule has 0 bridgehead atoms. The van der Waals surface area contributed by atoms with Crippen molar-refractivity contribution in [2.24, 2.45) is 5.92 Å². The third-order valence-corrected chi connectivity index (χ3v) is 4.38. The van der Waals surface area contributed by atoms with Crippen molar-refractivity contribution in [3.05, 3.63) is 33.8 Å². The molecule has 1 aliphatic heterocycles. The van der Waals surface area contributed by atoms with E-state index < -0.39 is 0 Å². The van der Waals surface area contributed by atoms with E-state index in [-0.39, 0.29) is 5.91 Å². The maximum Gasteiger partial charge on any atom is 0.254 e. The Hall–Kier alpha value is -0.870. The molecule has 1 fully saturated rings. The second-order valence-electron chi connectivity index (χ2n) is 5.36. The molecular formula is C15H21BrN2O. The van der Waals surface area contributed by atoms with Gasteiger partial charge in [0.25, 0.3) is 5.91 Å². The summed E-state index contributed by atoms with van der Waals surface area (Å²) in [7, 11) is 1.90. The van der Waals surface area contributed by atoms with Crippen molar-refractivity contribution in [3.8, 4) is 0 Å². The van der Waals surface area contributed by atoms with Crippen LogP contribution in [-0.4, -0.2) is 37.5 Å². The molecule has 19 heavy (non-hydrogen) atoms. The highest BCUT2D eigenvalue weighted by Crippen LogP contribution is 2.21. The van der Waals surface area contributed by atoms with Gasteiger partial charge in [0.2, 0.25) is 0 Å². The van der Waals surface area contributed by atoms with E-state index in [1.165, 1.54) is 0 Å². The first-order valence-corrected chi connectivity index (χ1v) is 7.59. The highest BCUT2D eigenvalue weighted by atomic mass is 79.9. The van der Waals surface area contributed by atoms with E-state index in [1.54, 1.807) is 0 Å². The monoisotopic (exact) mass is 324 g/mol. The zero-order chi connectivity index (χ0) is 13.8. The number of rotatable bonds is 3. The van der Waals surface area contributed by atoms with Crippen molar-refractivity contribution in [2.45, 2.75) is 19.8 Å². The van der Waals surface area contributed by atoms with Crippen LogP contribution in [0.4, 0.5) is 0 Å². The molecule has 1 amide bonds. The Morgan fingerprint density at radius 3 is 2.79 bits per heavy atom. The van der Waals surface area contributed by atoms with E-state index in [0.29, 0.717) is 5.92 Å². The molecule has 3 nitrogen and oxygen atoms in total. The molecule has 0 aliphatic carbocycles. The average molecular weight is 325 g/mol. The standard InChI is InChI=1S/C15H21BrN2O/c1-11-3-4-14(16)13(9-11)15(19)18(2)10-12-5-7-17-8-6-12/h3-4,9,12,17H,5-8,10H2,1-2H3. The molecule has 2 rings (SSSR count). The van der Waals surface area contributed by atoms with Crippen LogP contribution in [-0.2, 0) is 0 Å². The number of piperidine rings is 1. The minimum Gasteiger partial charge on any atom is -0.341 e. The molecule has 0 radical (unpaired) electrons. The number of nitrogens with zero attached hydrogens (tertiary/aromatic N) is 1. The average Bonchev–Trinajstić information content (AvgIpc) is 2.42.